The zero-order valence-electron chi connectivity index (χ0n) is 16.4. The Balaban J connectivity index is 0. The third-order valence-corrected chi connectivity index (χ3v) is 3.97. The molecule has 2 aliphatic heterocycles. The molecular formula is C19H38N2O8. The molecule has 172 valence electrons. The highest BCUT2D eigenvalue weighted by Crippen LogP contribution is 2.22. The number of hydrogen-bond acceptors (Lipinski definition) is 9. The van der Waals surface area contributed by atoms with Crippen LogP contribution in [0.5, 0.6) is 0 Å². The number of rotatable bonds is 2. The zero-order chi connectivity index (χ0) is 20.8. The smallest absolute Gasteiger partial charge is 0.411 e. The van der Waals surface area contributed by atoms with E-state index in [4.69, 9.17) is 9.84 Å². The van der Waals surface area contributed by atoms with Gasteiger partial charge in [-0.05, 0) is 20.8 Å². The van der Waals surface area contributed by atoms with E-state index in [2.05, 4.69) is 14.8 Å². The lowest BCUT2D eigenvalue weighted by Gasteiger charge is -2.27. The minimum atomic E-state index is -0.759. The van der Waals surface area contributed by atoms with Gasteiger partial charge in [-0.1, -0.05) is 14.9 Å². The molecule has 0 saturated carbocycles. The van der Waals surface area contributed by atoms with E-state index in [0.29, 0.717) is 13.0 Å². The SMILES string of the molecule is C.C.COC(=O)[C@@H]1C[C@H](O)CN1.COC(=O)[C@@H]1C[C@H](O)CN1C(=O)OC(C)(C)C. The fourth-order valence-electron chi connectivity index (χ4n) is 2.73. The molecule has 0 aliphatic carbocycles. The van der Waals surface area contributed by atoms with Gasteiger partial charge in [-0.15, -0.1) is 0 Å². The van der Waals surface area contributed by atoms with Crippen LogP contribution in [0.2, 0.25) is 0 Å². The first kappa shape index (κ1) is 29.3. The number of nitrogens with zero attached hydrogens (tertiary/aromatic N) is 1. The van der Waals surface area contributed by atoms with Gasteiger partial charge in [0.25, 0.3) is 0 Å². The summed E-state index contributed by atoms with van der Waals surface area (Å²) in [6, 6.07) is -1.06. The number of esters is 2. The van der Waals surface area contributed by atoms with E-state index in [0.717, 1.165) is 0 Å². The molecule has 2 fully saturated rings. The van der Waals surface area contributed by atoms with Gasteiger partial charge in [-0.2, -0.15) is 0 Å². The van der Waals surface area contributed by atoms with Crippen LogP contribution >= 0.6 is 0 Å². The summed E-state index contributed by atoms with van der Waals surface area (Å²) < 4.78 is 14.2. The quantitative estimate of drug-likeness (QED) is 0.434. The van der Waals surface area contributed by atoms with E-state index in [1.54, 1.807) is 20.8 Å². The molecule has 0 aromatic carbocycles. The molecule has 1 amide bonds. The lowest BCUT2D eigenvalue weighted by molar-refractivity contribution is -0.145. The third kappa shape index (κ3) is 9.42. The van der Waals surface area contributed by atoms with Gasteiger partial charge in [0.1, 0.15) is 17.7 Å². The summed E-state index contributed by atoms with van der Waals surface area (Å²) in [6.07, 6.45) is -1.07. The molecule has 2 heterocycles. The van der Waals surface area contributed by atoms with Crippen LogP contribution in [0.3, 0.4) is 0 Å². The number of ether oxygens (including phenoxy) is 3. The Hall–Kier alpha value is -1.91. The highest BCUT2D eigenvalue weighted by molar-refractivity contribution is 5.82. The Bertz CT molecular complexity index is 535. The second kappa shape index (κ2) is 12.6. The van der Waals surface area contributed by atoms with E-state index in [9.17, 15) is 19.5 Å². The van der Waals surface area contributed by atoms with Gasteiger partial charge in [0.05, 0.1) is 33.0 Å². The molecule has 0 aromatic heterocycles. The molecule has 29 heavy (non-hydrogen) atoms. The van der Waals surface area contributed by atoms with E-state index in [1.807, 2.05) is 0 Å². The number of carbonyl (C=O) groups is 3. The molecule has 4 atom stereocenters. The standard InChI is InChI=1S/C11H19NO5.C6H11NO3.2CH4/c1-11(2,3)17-10(15)12-6-7(13)5-8(12)9(14)16-4;1-10-6(9)5-2-4(8)3-7-5;;/h7-8,13H,5-6H2,1-4H3;4-5,7-8H,2-3H2,1H3;2*1H4/t7-,8-;4-,5-;;/m00../s1. The third-order valence-electron chi connectivity index (χ3n) is 3.97. The lowest BCUT2D eigenvalue weighted by Crippen LogP contribution is -2.43. The van der Waals surface area contributed by atoms with Gasteiger partial charge in [0.15, 0.2) is 0 Å². The Labute approximate surface area is 173 Å². The van der Waals surface area contributed by atoms with E-state index < -0.39 is 35.9 Å². The average Bonchev–Trinajstić information content (AvgIpc) is 3.18. The number of likely N-dealkylation sites (tertiary alicyclic amines) is 1. The number of hydrogen-bond donors (Lipinski definition) is 3. The maximum atomic E-state index is 11.8. The Morgan fingerprint density at radius 1 is 0.966 bits per heavy atom. The fraction of sp³-hybridized carbons (Fsp3) is 0.842. The van der Waals surface area contributed by atoms with Crippen molar-refractivity contribution in [3.8, 4) is 0 Å². The second-order valence-electron chi connectivity index (χ2n) is 7.43. The van der Waals surface area contributed by atoms with Gasteiger partial charge in [0.2, 0.25) is 0 Å². The summed E-state index contributed by atoms with van der Waals surface area (Å²) >= 11 is 0. The van der Waals surface area contributed by atoms with Crippen LogP contribution in [-0.4, -0.2) is 90.3 Å². The normalized spacial score (nSPS) is 25.6. The Morgan fingerprint density at radius 2 is 1.52 bits per heavy atom. The molecule has 0 unspecified atom stereocenters. The van der Waals surface area contributed by atoms with Crippen molar-refractivity contribution in [1.29, 1.82) is 0 Å². The van der Waals surface area contributed by atoms with Gasteiger partial charge in [-0.25, -0.2) is 9.59 Å². The highest BCUT2D eigenvalue weighted by Gasteiger charge is 2.41. The average molecular weight is 423 g/mol. The molecule has 0 radical (unpaired) electrons. The van der Waals surface area contributed by atoms with Gasteiger partial charge >= 0.3 is 18.0 Å². The van der Waals surface area contributed by atoms with Crippen LogP contribution in [0.25, 0.3) is 0 Å². The van der Waals surface area contributed by atoms with Crippen molar-refractivity contribution in [2.45, 2.75) is 78.4 Å². The van der Waals surface area contributed by atoms with Crippen molar-refractivity contribution in [3.05, 3.63) is 0 Å². The monoisotopic (exact) mass is 422 g/mol. The summed E-state index contributed by atoms with van der Waals surface area (Å²) in [5.74, 6) is -0.830. The van der Waals surface area contributed by atoms with Crippen molar-refractivity contribution < 1.29 is 38.8 Å². The second-order valence-corrected chi connectivity index (χ2v) is 7.43. The van der Waals surface area contributed by atoms with Crippen molar-refractivity contribution in [3.63, 3.8) is 0 Å². The number of methoxy groups -OCH3 is 2. The largest absolute Gasteiger partial charge is 0.468 e. The van der Waals surface area contributed by atoms with Gasteiger partial charge in [-0.3, -0.25) is 9.69 Å². The predicted molar refractivity (Wildman–Crippen MR) is 107 cm³/mol. The van der Waals surface area contributed by atoms with E-state index >= 15 is 0 Å². The first-order valence-corrected chi connectivity index (χ1v) is 8.73. The zero-order valence-corrected chi connectivity index (χ0v) is 16.4. The summed E-state index contributed by atoms with van der Waals surface area (Å²) in [7, 11) is 2.59. The molecule has 3 N–H and O–H groups in total. The summed E-state index contributed by atoms with van der Waals surface area (Å²) in [6.45, 7) is 5.80. The van der Waals surface area contributed by atoms with Crippen LogP contribution in [0.15, 0.2) is 0 Å². The summed E-state index contributed by atoms with van der Waals surface area (Å²) in [5, 5.41) is 21.3. The van der Waals surface area contributed by atoms with Gasteiger partial charge < -0.3 is 29.7 Å². The van der Waals surface area contributed by atoms with Gasteiger partial charge in [0, 0.05) is 19.4 Å². The fourth-order valence-corrected chi connectivity index (χ4v) is 2.73. The van der Waals surface area contributed by atoms with Crippen LogP contribution < -0.4 is 5.32 Å². The minimum absolute atomic E-state index is 0. The van der Waals surface area contributed by atoms with Crippen LogP contribution in [-0.2, 0) is 23.8 Å². The molecule has 10 heteroatoms. The molecule has 0 spiro atoms. The van der Waals surface area contributed by atoms with Crippen molar-refractivity contribution in [2.75, 3.05) is 27.3 Å². The molecular weight excluding hydrogens is 384 g/mol. The highest BCUT2D eigenvalue weighted by atomic mass is 16.6. The van der Waals surface area contributed by atoms with Crippen LogP contribution in [0.1, 0.15) is 48.5 Å². The summed E-state index contributed by atoms with van der Waals surface area (Å²) in [4.78, 5) is 35.3. The molecule has 2 saturated heterocycles. The van der Waals surface area contributed by atoms with E-state index in [1.165, 1.54) is 19.1 Å². The van der Waals surface area contributed by atoms with E-state index in [-0.39, 0.29) is 39.8 Å². The topological polar surface area (TPSA) is 135 Å². The lowest BCUT2D eigenvalue weighted by atomic mass is 10.2. The minimum Gasteiger partial charge on any atom is -0.468 e. The van der Waals surface area contributed by atoms with Crippen LogP contribution in [0, 0.1) is 0 Å². The number of aliphatic hydroxyl groups is 2. The first-order valence-electron chi connectivity index (χ1n) is 8.73. The Kier molecular flexibility index (Phi) is 12.7. The number of aliphatic hydroxyl groups excluding tert-OH is 2. The van der Waals surface area contributed by atoms with Crippen LogP contribution in [0.4, 0.5) is 4.79 Å². The number of nitrogens with one attached hydrogen (secondary N) is 1. The van der Waals surface area contributed by atoms with Crippen molar-refractivity contribution >= 4 is 18.0 Å². The number of carbonyl (C=O) groups excluding carboxylic acids is 3. The molecule has 2 rings (SSSR count). The number of β-amino-alcohol motifs (C(OH)–C–C–N with tert-alkyl or cyclic N) is 2. The Morgan fingerprint density at radius 3 is 1.93 bits per heavy atom. The summed E-state index contributed by atoms with van der Waals surface area (Å²) in [5.41, 5.74) is -0.634. The van der Waals surface area contributed by atoms with Crippen molar-refractivity contribution in [2.24, 2.45) is 0 Å². The molecule has 10 nitrogen and oxygen atoms in total. The predicted octanol–water partition coefficient (Wildman–Crippen LogP) is 0.684. The van der Waals surface area contributed by atoms with Crippen molar-refractivity contribution in [1.82, 2.24) is 10.2 Å². The first-order chi connectivity index (χ1) is 12.5. The molecule has 0 aromatic rings. The number of amides is 1. The molecule has 2 aliphatic rings. The maximum absolute atomic E-state index is 11.8. The molecule has 0 bridgehead atoms. The maximum Gasteiger partial charge on any atom is 0.411 e.